The molecule has 2 saturated heterocycles. The Labute approximate surface area is 145 Å². The second-order valence-corrected chi connectivity index (χ2v) is 7.54. The summed E-state index contributed by atoms with van der Waals surface area (Å²) in [6.07, 6.45) is 1.84. The first-order valence-electron chi connectivity index (χ1n) is 8.26. The van der Waals surface area contributed by atoms with Crippen LogP contribution in [0.5, 0.6) is 0 Å². The monoisotopic (exact) mass is 343 g/mol. The molecule has 0 unspecified atom stereocenters. The van der Waals surface area contributed by atoms with Crippen molar-refractivity contribution in [1.82, 2.24) is 15.2 Å². The summed E-state index contributed by atoms with van der Waals surface area (Å²) in [7, 11) is 0. The van der Waals surface area contributed by atoms with Crippen LogP contribution in [0.2, 0.25) is 0 Å². The van der Waals surface area contributed by atoms with Crippen LogP contribution in [-0.2, 0) is 11.3 Å². The van der Waals surface area contributed by atoms with Crippen molar-refractivity contribution in [3.63, 3.8) is 0 Å². The van der Waals surface area contributed by atoms with Gasteiger partial charge in [-0.1, -0.05) is 6.07 Å². The number of rotatable bonds is 5. The maximum absolute atomic E-state index is 12.3. The zero-order valence-corrected chi connectivity index (χ0v) is 14.3. The molecule has 2 aliphatic heterocycles. The van der Waals surface area contributed by atoms with Crippen molar-refractivity contribution >= 4 is 17.2 Å². The molecule has 0 aliphatic carbocycles. The number of carbonyl (C=O) groups is 1. The number of likely N-dealkylation sites (tertiary alicyclic amines) is 1. The molecule has 2 aromatic heterocycles. The van der Waals surface area contributed by atoms with Crippen LogP contribution in [0.1, 0.15) is 16.1 Å². The Bertz CT molecular complexity index is 692. The number of aromatic nitrogens is 1. The van der Waals surface area contributed by atoms with Crippen molar-refractivity contribution < 1.29 is 9.53 Å². The summed E-state index contributed by atoms with van der Waals surface area (Å²) < 4.78 is 5.74. The predicted molar refractivity (Wildman–Crippen MR) is 92.9 cm³/mol. The molecule has 1 amide bonds. The molecule has 5 nitrogen and oxygen atoms in total. The third kappa shape index (κ3) is 3.09. The lowest BCUT2D eigenvalue weighted by atomic mass is 9.81. The van der Waals surface area contributed by atoms with Crippen LogP contribution >= 0.6 is 11.3 Å². The molecular formula is C18H21N3O2S. The summed E-state index contributed by atoms with van der Waals surface area (Å²) in [6.45, 7) is 4.99. The van der Waals surface area contributed by atoms with Crippen molar-refractivity contribution in [2.45, 2.75) is 6.54 Å². The summed E-state index contributed by atoms with van der Waals surface area (Å²) in [6, 6.07) is 7.90. The zero-order chi connectivity index (χ0) is 16.4. The van der Waals surface area contributed by atoms with E-state index in [1.54, 1.807) is 11.3 Å². The van der Waals surface area contributed by atoms with Crippen molar-refractivity contribution in [2.24, 2.45) is 11.3 Å². The van der Waals surface area contributed by atoms with Gasteiger partial charge in [0, 0.05) is 54.7 Å². The van der Waals surface area contributed by atoms with Crippen LogP contribution in [0.4, 0.5) is 0 Å². The molecule has 0 radical (unpaired) electrons. The Morgan fingerprint density at radius 2 is 2.42 bits per heavy atom. The molecule has 2 fully saturated rings. The Balaban J connectivity index is 1.40. The average Bonchev–Trinajstić information content (AvgIpc) is 3.29. The van der Waals surface area contributed by atoms with E-state index in [0.717, 1.165) is 44.1 Å². The minimum atomic E-state index is 0.0134. The van der Waals surface area contributed by atoms with Crippen molar-refractivity contribution in [1.29, 1.82) is 0 Å². The van der Waals surface area contributed by atoms with E-state index in [4.69, 9.17) is 4.74 Å². The normalized spacial score (nSPS) is 26.4. The fourth-order valence-electron chi connectivity index (χ4n) is 3.79. The van der Waals surface area contributed by atoms with E-state index in [9.17, 15) is 4.79 Å². The second-order valence-electron chi connectivity index (χ2n) is 6.76. The van der Waals surface area contributed by atoms with Gasteiger partial charge in [0.15, 0.2) is 0 Å². The maximum atomic E-state index is 12.3. The smallest absolute Gasteiger partial charge is 0.252 e. The third-order valence-electron chi connectivity index (χ3n) is 5.09. The fraction of sp³-hybridized carbons (Fsp3) is 0.444. The molecule has 2 aliphatic rings. The highest BCUT2D eigenvalue weighted by molar-refractivity contribution is 7.08. The molecule has 6 heteroatoms. The summed E-state index contributed by atoms with van der Waals surface area (Å²) in [4.78, 5) is 19.1. The van der Waals surface area contributed by atoms with Crippen LogP contribution in [-0.4, -0.2) is 48.6 Å². The van der Waals surface area contributed by atoms with Crippen LogP contribution in [0.25, 0.3) is 0 Å². The van der Waals surface area contributed by atoms with E-state index >= 15 is 0 Å². The second kappa shape index (κ2) is 6.63. The predicted octanol–water partition coefficient (Wildman–Crippen LogP) is 2.02. The van der Waals surface area contributed by atoms with Gasteiger partial charge in [-0.3, -0.25) is 14.7 Å². The van der Waals surface area contributed by atoms with Crippen molar-refractivity contribution in [2.75, 3.05) is 32.8 Å². The first-order valence-corrected chi connectivity index (χ1v) is 9.20. The molecule has 126 valence electrons. The Hall–Kier alpha value is -1.76. The number of hydrogen-bond acceptors (Lipinski definition) is 5. The van der Waals surface area contributed by atoms with E-state index < -0.39 is 0 Å². The number of hydrogen-bond donors (Lipinski definition) is 1. The number of amides is 1. The number of ether oxygens (including phenoxy) is 1. The minimum Gasteiger partial charge on any atom is -0.380 e. The Kier molecular flexibility index (Phi) is 4.35. The highest BCUT2D eigenvalue weighted by Gasteiger charge is 2.50. The van der Waals surface area contributed by atoms with Gasteiger partial charge in [0.2, 0.25) is 0 Å². The molecule has 2 aromatic rings. The number of nitrogens with one attached hydrogen (secondary N) is 1. The minimum absolute atomic E-state index is 0.0134. The molecule has 1 N–H and O–H groups in total. The van der Waals surface area contributed by atoms with Gasteiger partial charge < -0.3 is 10.1 Å². The Morgan fingerprint density at radius 1 is 1.46 bits per heavy atom. The van der Waals surface area contributed by atoms with Gasteiger partial charge in [0.05, 0.1) is 18.9 Å². The first-order chi connectivity index (χ1) is 11.8. The SMILES string of the molecule is O=C(NC[C@@]12COC[C@@H]1CN(Cc1ccccn1)C2)c1ccsc1. The molecule has 4 heterocycles. The number of carbonyl (C=O) groups excluding carboxylic acids is 1. The summed E-state index contributed by atoms with van der Waals surface area (Å²) in [5.74, 6) is 0.489. The van der Waals surface area contributed by atoms with Gasteiger partial charge in [0.25, 0.3) is 5.91 Å². The van der Waals surface area contributed by atoms with E-state index in [-0.39, 0.29) is 11.3 Å². The molecule has 0 saturated carbocycles. The highest BCUT2D eigenvalue weighted by Crippen LogP contribution is 2.41. The third-order valence-corrected chi connectivity index (χ3v) is 5.77. The van der Waals surface area contributed by atoms with E-state index in [1.165, 1.54) is 0 Å². The molecule has 0 aromatic carbocycles. The van der Waals surface area contributed by atoms with Gasteiger partial charge in [-0.05, 0) is 23.6 Å². The lowest BCUT2D eigenvalue weighted by Crippen LogP contribution is -2.43. The molecule has 4 rings (SSSR count). The Morgan fingerprint density at radius 3 is 3.21 bits per heavy atom. The van der Waals surface area contributed by atoms with Crippen LogP contribution in [0.15, 0.2) is 41.2 Å². The van der Waals surface area contributed by atoms with Crippen LogP contribution in [0.3, 0.4) is 0 Å². The molecule has 24 heavy (non-hydrogen) atoms. The van der Waals surface area contributed by atoms with Crippen molar-refractivity contribution in [3.8, 4) is 0 Å². The zero-order valence-electron chi connectivity index (χ0n) is 13.5. The van der Waals surface area contributed by atoms with E-state index in [1.807, 2.05) is 35.2 Å². The summed E-state index contributed by atoms with van der Waals surface area (Å²) in [5.41, 5.74) is 1.87. The van der Waals surface area contributed by atoms with E-state index in [0.29, 0.717) is 12.5 Å². The average molecular weight is 343 g/mol. The van der Waals surface area contributed by atoms with Gasteiger partial charge in [-0.25, -0.2) is 0 Å². The number of nitrogens with zero attached hydrogens (tertiary/aromatic N) is 2. The lowest BCUT2D eigenvalue weighted by Gasteiger charge is -2.27. The van der Waals surface area contributed by atoms with Crippen LogP contribution in [0, 0.1) is 11.3 Å². The maximum Gasteiger partial charge on any atom is 0.252 e. The molecule has 2 atom stereocenters. The standard InChI is InChI=1S/C18H21N3O2S/c22-17(14-4-6-24-10-14)20-11-18-12-21(7-15(18)9-23-13-18)8-16-3-1-2-5-19-16/h1-6,10,15H,7-9,11-13H2,(H,20,22)/t15-,18+/m0/s1. The van der Waals surface area contributed by atoms with Gasteiger partial charge in [-0.15, -0.1) is 0 Å². The summed E-state index contributed by atoms with van der Waals surface area (Å²) >= 11 is 1.54. The summed E-state index contributed by atoms with van der Waals surface area (Å²) in [5, 5.41) is 6.94. The first kappa shape index (κ1) is 15.7. The number of fused-ring (bicyclic) bond motifs is 1. The molecule has 0 bridgehead atoms. The molecule has 0 spiro atoms. The molecular weight excluding hydrogens is 322 g/mol. The van der Waals surface area contributed by atoms with Gasteiger partial charge in [-0.2, -0.15) is 11.3 Å². The quantitative estimate of drug-likeness (QED) is 0.902. The van der Waals surface area contributed by atoms with Crippen molar-refractivity contribution in [3.05, 3.63) is 52.5 Å². The van der Waals surface area contributed by atoms with Gasteiger partial charge in [0.1, 0.15) is 0 Å². The fourth-order valence-corrected chi connectivity index (χ4v) is 4.42. The number of thiophene rings is 1. The lowest BCUT2D eigenvalue weighted by molar-refractivity contribution is 0.0904. The van der Waals surface area contributed by atoms with E-state index in [2.05, 4.69) is 21.3 Å². The van der Waals surface area contributed by atoms with Gasteiger partial charge >= 0.3 is 0 Å². The van der Waals surface area contributed by atoms with Crippen LogP contribution < -0.4 is 5.32 Å². The number of pyridine rings is 1. The highest BCUT2D eigenvalue weighted by atomic mass is 32.1. The topological polar surface area (TPSA) is 54.5 Å². The largest absolute Gasteiger partial charge is 0.380 e.